The lowest BCUT2D eigenvalue weighted by Gasteiger charge is -2.36. The molecule has 0 bridgehead atoms. The van der Waals surface area contributed by atoms with Crippen molar-refractivity contribution in [3.05, 3.63) is 29.8 Å². The molecule has 1 heterocycles. The maximum atomic E-state index is 9.68. The van der Waals surface area contributed by atoms with E-state index in [0.717, 1.165) is 32.4 Å². The van der Waals surface area contributed by atoms with Crippen molar-refractivity contribution in [3.8, 4) is 0 Å². The van der Waals surface area contributed by atoms with E-state index in [1.54, 1.807) is 0 Å². The molecule has 106 valence electrons. The van der Waals surface area contributed by atoms with Gasteiger partial charge in [-0.25, -0.2) is 0 Å². The number of aliphatic hydroxyl groups is 1. The Morgan fingerprint density at radius 3 is 2.53 bits per heavy atom. The Morgan fingerprint density at radius 2 is 1.95 bits per heavy atom. The Hall–Kier alpha value is -1.06. The Bertz CT molecular complexity index is 397. The van der Waals surface area contributed by atoms with Gasteiger partial charge in [0.15, 0.2) is 0 Å². The Morgan fingerprint density at radius 1 is 1.32 bits per heavy atom. The first kappa shape index (κ1) is 14.4. The van der Waals surface area contributed by atoms with Crippen molar-refractivity contribution in [3.63, 3.8) is 0 Å². The number of rotatable bonds is 4. The highest BCUT2D eigenvalue weighted by Crippen LogP contribution is 2.31. The largest absolute Gasteiger partial charge is 0.393 e. The molecule has 3 N–H and O–H groups in total. The monoisotopic (exact) mass is 262 g/mol. The third-order valence-electron chi connectivity index (χ3n) is 4.34. The SMILES string of the molecule is CC[C@H](N)c1ccccc1N1CCC(C(C)O)CC1. The standard InChI is InChI=1S/C16H26N2O/c1-3-15(17)14-6-4-5-7-16(14)18-10-8-13(9-11-18)12(2)19/h4-7,12-13,15,19H,3,8-11,17H2,1-2H3/t12?,15-/m0/s1. The molecule has 1 aromatic rings. The van der Waals surface area contributed by atoms with Gasteiger partial charge in [-0.3, -0.25) is 0 Å². The zero-order chi connectivity index (χ0) is 13.8. The van der Waals surface area contributed by atoms with E-state index in [2.05, 4.69) is 36.1 Å². The Kier molecular flexibility index (Phi) is 4.83. The number of para-hydroxylation sites is 1. The second-order valence-electron chi connectivity index (χ2n) is 5.64. The summed E-state index contributed by atoms with van der Waals surface area (Å²) >= 11 is 0. The summed E-state index contributed by atoms with van der Waals surface area (Å²) in [5.41, 5.74) is 8.74. The lowest BCUT2D eigenvalue weighted by Crippen LogP contribution is -2.37. The third-order valence-corrected chi connectivity index (χ3v) is 4.34. The highest BCUT2D eigenvalue weighted by atomic mass is 16.3. The van der Waals surface area contributed by atoms with E-state index in [-0.39, 0.29) is 12.1 Å². The fourth-order valence-electron chi connectivity index (χ4n) is 2.93. The summed E-state index contributed by atoms with van der Waals surface area (Å²) in [6.45, 7) is 6.06. The van der Waals surface area contributed by atoms with Crippen LogP contribution in [0.2, 0.25) is 0 Å². The van der Waals surface area contributed by atoms with Crippen LogP contribution in [0.1, 0.15) is 44.7 Å². The van der Waals surface area contributed by atoms with Gasteiger partial charge in [-0.15, -0.1) is 0 Å². The van der Waals surface area contributed by atoms with Gasteiger partial charge in [-0.05, 0) is 43.7 Å². The van der Waals surface area contributed by atoms with E-state index in [9.17, 15) is 5.11 Å². The van der Waals surface area contributed by atoms with Crippen molar-refractivity contribution < 1.29 is 5.11 Å². The molecular weight excluding hydrogens is 236 g/mol. The number of nitrogens with two attached hydrogens (primary N) is 1. The quantitative estimate of drug-likeness (QED) is 0.877. The number of anilines is 1. The lowest BCUT2D eigenvalue weighted by molar-refractivity contribution is 0.110. The van der Waals surface area contributed by atoms with E-state index in [0.29, 0.717) is 5.92 Å². The molecular formula is C16H26N2O. The fraction of sp³-hybridized carbons (Fsp3) is 0.625. The summed E-state index contributed by atoms with van der Waals surface area (Å²) in [6, 6.07) is 8.59. The van der Waals surface area contributed by atoms with Gasteiger partial charge >= 0.3 is 0 Å². The van der Waals surface area contributed by atoms with Crippen molar-refractivity contribution in [1.29, 1.82) is 0 Å². The van der Waals surface area contributed by atoms with E-state index < -0.39 is 0 Å². The van der Waals surface area contributed by atoms with Crippen LogP contribution >= 0.6 is 0 Å². The minimum Gasteiger partial charge on any atom is -0.393 e. The number of aliphatic hydroxyl groups excluding tert-OH is 1. The highest BCUT2D eigenvalue weighted by Gasteiger charge is 2.24. The zero-order valence-electron chi connectivity index (χ0n) is 12.0. The van der Waals surface area contributed by atoms with Gasteiger partial charge < -0.3 is 15.7 Å². The van der Waals surface area contributed by atoms with Crippen molar-refractivity contribution in [1.82, 2.24) is 0 Å². The summed E-state index contributed by atoms with van der Waals surface area (Å²) in [7, 11) is 0. The minimum absolute atomic E-state index is 0.116. The minimum atomic E-state index is -0.185. The van der Waals surface area contributed by atoms with Crippen LogP contribution < -0.4 is 10.6 Å². The van der Waals surface area contributed by atoms with Gasteiger partial charge in [-0.2, -0.15) is 0 Å². The van der Waals surface area contributed by atoms with Crippen molar-refractivity contribution >= 4 is 5.69 Å². The maximum absolute atomic E-state index is 9.68. The molecule has 1 aromatic carbocycles. The predicted octanol–water partition coefficient (Wildman–Crippen LogP) is 2.69. The first-order chi connectivity index (χ1) is 9.13. The van der Waals surface area contributed by atoms with Crippen molar-refractivity contribution in [2.45, 2.75) is 45.3 Å². The molecule has 0 amide bonds. The fourth-order valence-corrected chi connectivity index (χ4v) is 2.93. The van der Waals surface area contributed by atoms with Crippen LogP contribution in [-0.4, -0.2) is 24.3 Å². The average Bonchev–Trinajstić information content (AvgIpc) is 2.46. The molecule has 1 aliphatic heterocycles. The summed E-state index contributed by atoms with van der Waals surface area (Å²) < 4.78 is 0. The molecule has 1 saturated heterocycles. The Labute approximate surface area is 116 Å². The van der Waals surface area contributed by atoms with Gasteiger partial charge in [0.2, 0.25) is 0 Å². The van der Waals surface area contributed by atoms with E-state index in [1.165, 1.54) is 11.3 Å². The molecule has 0 aliphatic carbocycles. The molecule has 2 atom stereocenters. The van der Waals surface area contributed by atoms with E-state index >= 15 is 0 Å². The van der Waals surface area contributed by atoms with Crippen molar-refractivity contribution in [2.24, 2.45) is 11.7 Å². The molecule has 1 unspecified atom stereocenters. The molecule has 0 saturated carbocycles. The molecule has 2 rings (SSSR count). The molecule has 0 radical (unpaired) electrons. The van der Waals surface area contributed by atoms with Crippen LogP contribution in [0, 0.1) is 5.92 Å². The van der Waals surface area contributed by atoms with Crippen LogP contribution in [0.25, 0.3) is 0 Å². The summed E-state index contributed by atoms with van der Waals surface area (Å²) in [5, 5.41) is 9.68. The molecule has 0 aromatic heterocycles. The van der Waals surface area contributed by atoms with Gasteiger partial charge in [0.25, 0.3) is 0 Å². The average molecular weight is 262 g/mol. The van der Waals surface area contributed by atoms with E-state index in [1.807, 2.05) is 6.92 Å². The smallest absolute Gasteiger partial charge is 0.0541 e. The third kappa shape index (κ3) is 3.28. The summed E-state index contributed by atoms with van der Waals surface area (Å²) in [6.07, 6.45) is 2.90. The molecule has 1 aliphatic rings. The molecule has 3 heteroatoms. The van der Waals surface area contributed by atoms with Crippen LogP contribution in [0.4, 0.5) is 5.69 Å². The molecule has 19 heavy (non-hydrogen) atoms. The van der Waals surface area contributed by atoms with Crippen molar-refractivity contribution in [2.75, 3.05) is 18.0 Å². The number of nitrogens with zero attached hydrogens (tertiary/aromatic N) is 1. The molecule has 0 spiro atoms. The van der Waals surface area contributed by atoms with Crippen LogP contribution in [0.5, 0.6) is 0 Å². The topological polar surface area (TPSA) is 49.5 Å². The van der Waals surface area contributed by atoms with Gasteiger partial charge in [0, 0.05) is 24.8 Å². The number of benzene rings is 1. The molecule has 3 nitrogen and oxygen atoms in total. The van der Waals surface area contributed by atoms with Crippen LogP contribution in [-0.2, 0) is 0 Å². The second kappa shape index (κ2) is 6.40. The highest BCUT2D eigenvalue weighted by molar-refractivity contribution is 5.55. The van der Waals surface area contributed by atoms with Crippen LogP contribution in [0.15, 0.2) is 24.3 Å². The normalized spacial score (nSPS) is 20.3. The predicted molar refractivity (Wildman–Crippen MR) is 80.3 cm³/mol. The van der Waals surface area contributed by atoms with Gasteiger partial charge in [0.1, 0.15) is 0 Å². The maximum Gasteiger partial charge on any atom is 0.0541 e. The lowest BCUT2D eigenvalue weighted by atomic mass is 9.91. The zero-order valence-corrected chi connectivity index (χ0v) is 12.0. The summed E-state index contributed by atoms with van der Waals surface area (Å²) in [4.78, 5) is 2.42. The molecule has 1 fully saturated rings. The number of hydrogen-bond donors (Lipinski definition) is 2. The van der Waals surface area contributed by atoms with Gasteiger partial charge in [-0.1, -0.05) is 25.1 Å². The number of piperidine rings is 1. The summed E-state index contributed by atoms with van der Waals surface area (Å²) in [5.74, 6) is 0.447. The van der Waals surface area contributed by atoms with E-state index in [4.69, 9.17) is 5.73 Å². The second-order valence-corrected chi connectivity index (χ2v) is 5.64. The number of hydrogen-bond acceptors (Lipinski definition) is 3. The van der Waals surface area contributed by atoms with Gasteiger partial charge in [0.05, 0.1) is 6.10 Å². The first-order valence-electron chi connectivity index (χ1n) is 7.41. The Balaban J connectivity index is 2.11. The van der Waals surface area contributed by atoms with Crippen LogP contribution in [0.3, 0.4) is 0 Å². The first-order valence-corrected chi connectivity index (χ1v) is 7.41.